The van der Waals surface area contributed by atoms with Gasteiger partial charge in [0.2, 0.25) is 0 Å². The second kappa shape index (κ2) is 7.92. The van der Waals surface area contributed by atoms with Crippen LogP contribution in [-0.4, -0.2) is 28.8 Å². The van der Waals surface area contributed by atoms with Crippen LogP contribution in [0.2, 0.25) is 0 Å². The molecule has 0 amide bonds. The number of nitrogens with zero attached hydrogens (tertiary/aromatic N) is 2. The molecule has 0 saturated heterocycles. The molecule has 0 fully saturated rings. The third kappa shape index (κ3) is 4.17. The van der Waals surface area contributed by atoms with E-state index in [4.69, 9.17) is 4.98 Å². The van der Waals surface area contributed by atoms with E-state index in [1.54, 1.807) is 18.6 Å². The second-order valence-corrected chi connectivity index (χ2v) is 8.99. The van der Waals surface area contributed by atoms with E-state index in [0.29, 0.717) is 16.5 Å². The molecule has 1 unspecified atom stereocenters. The zero-order valence-corrected chi connectivity index (χ0v) is 18.5. The summed E-state index contributed by atoms with van der Waals surface area (Å²) in [5, 5.41) is 5.94. The fourth-order valence-electron chi connectivity index (χ4n) is 3.33. The summed E-state index contributed by atoms with van der Waals surface area (Å²) >= 11 is 0. The third-order valence-electron chi connectivity index (χ3n) is 5.65. The van der Waals surface area contributed by atoms with Crippen molar-refractivity contribution in [2.45, 2.75) is 33.7 Å². The molecule has 0 saturated carbocycles. The topological polar surface area (TPSA) is 70.7 Å². The minimum Gasteiger partial charge on any atom is -0.367 e. The molecular weight excluding hydrogens is 383 g/mol. The van der Waals surface area contributed by atoms with Crippen LogP contribution < -0.4 is 16.3 Å². The van der Waals surface area contributed by atoms with Gasteiger partial charge in [0, 0.05) is 35.6 Å². The molecule has 0 bridgehead atoms. The lowest BCUT2D eigenvalue weighted by Gasteiger charge is -2.29. The number of benzene rings is 1. The maximum atomic E-state index is 12.8. The van der Waals surface area contributed by atoms with Crippen molar-refractivity contribution in [3.63, 3.8) is 0 Å². The fourth-order valence-corrected chi connectivity index (χ4v) is 3.33. The van der Waals surface area contributed by atoms with Gasteiger partial charge in [-0.15, -0.1) is 0 Å². The van der Waals surface area contributed by atoms with Gasteiger partial charge in [-0.05, 0) is 29.9 Å². The highest BCUT2D eigenvalue weighted by atomic mass is 16.1. The molecule has 2 N–H and O–H groups in total. The molecule has 5 nitrogen and oxygen atoms in total. The molecule has 6 heteroatoms. The molecule has 1 aromatic carbocycles. The van der Waals surface area contributed by atoms with Crippen LogP contribution in [-0.2, 0) is 0 Å². The summed E-state index contributed by atoms with van der Waals surface area (Å²) in [5.74, 6) is 7.06. The molecule has 154 valence electrons. The lowest BCUT2D eigenvalue weighted by molar-refractivity contribution is 0.359. The average molecular weight is 408 g/mol. The molecule has 3 heterocycles. The van der Waals surface area contributed by atoms with E-state index >= 15 is 0 Å². The maximum Gasteiger partial charge on any atom is 0.258 e. The first-order valence-corrected chi connectivity index (χ1v) is 10.4. The largest absolute Gasteiger partial charge is 0.367 e. The van der Waals surface area contributed by atoms with Gasteiger partial charge in [0.1, 0.15) is 13.7 Å². The summed E-state index contributed by atoms with van der Waals surface area (Å²) in [4.78, 5) is 24.7. The van der Waals surface area contributed by atoms with Crippen molar-refractivity contribution in [3.05, 3.63) is 70.4 Å². The Morgan fingerprint density at radius 2 is 1.97 bits per heavy atom. The first-order chi connectivity index (χ1) is 14.7. The zero-order valence-electron chi connectivity index (χ0n) is 18.5. The van der Waals surface area contributed by atoms with Gasteiger partial charge in [0.25, 0.3) is 5.56 Å². The van der Waals surface area contributed by atoms with Crippen LogP contribution in [0.15, 0.2) is 53.7 Å². The van der Waals surface area contributed by atoms with Gasteiger partial charge in [-0.3, -0.25) is 9.78 Å². The van der Waals surface area contributed by atoms with E-state index in [2.05, 4.69) is 54.8 Å². The van der Waals surface area contributed by atoms with E-state index in [0.717, 1.165) is 27.6 Å². The van der Waals surface area contributed by atoms with Crippen LogP contribution >= 0.6 is 0 Å². The van der Waals surface area contributed by atoms with Gasteiger partial charge >= 0.3 is 0 Å². The standard InChI is InChI=1S/C25H25BN4O/c1-15(25(2,3)4)29-23-19-10-9-18(26)12-20(19)21-22(30-23)17(14-28-24(21)31)8-7-16-6-5-11-27-13-16/h5-6,9-15H,26H2,1-4H3,(H,28,31)(H,29,30). The van der Waals surface area contributed by atoms with E-state index in [1.807, 2.05) is 38.2 Å². The van der Waals surface area contributed by atoms with Crippen molar-refractivity contribution in [1.29, 1.82) is 0 Å². The van der Waals surface area contributed by atoms with E-state index in [9.17, 15) is 4.79 Å². The van der Waals surface area contributed by atoms with E-state index in [1.165, 1.54) is 0 Å². The second-order valence-electron chi connectivity index (χ2n) is 8.99. The first kappa shape index (κ1) is 20.7. The summed E-state index contributed by atoms with van der Waals surface area (Å²) < 4.78 is 0. The Balaban J connectivity index is 2.00. The van der Waals surface area contributed by atoms with Gasteiger partial charge in [-0.2, -0.15) is 0 Å². The van der Waals surface area contributed by atoms with Gasteiger partial charge in [-0.25, -0.2) is 4.98 Å². The number of pyridine rings is 3. The average Bonchev–Trinajstić information content (AvgIpc) is 2.73. The van der Waals surface area contributed by atoms with Crippen molar-refractivity contribution in [2.24, 2.45) is 5.41 Å². The van der Waals surface area contributed by atoms with Crippen LogP contribution in [0.4, 0.5) is 5.82 Å². The number of hydrogen-bond donors (Lipinski definition) is 2. The molecule has 0 aliphatic rings. The fraction of sp³-hybridized carbons (Fsp3) is 0.240. The predicted molar refractivity (Wildman–Crippen MR) is 131 cm³/mol. The minimum atomic E-state index is -0.166. The molecule has 1 atom stereocenters. The highest BCUT2D eigenvalue weighted by Gasteiger charge is 2.22. The number of aromatic nitrogens is 3. The van der Waals surface area contributed by atoms with Gasteiger partial charge in [0.05, 0.1) is 16.5 Å². The van der Waals surface area contributed by atoms with Crippen LogP contribution in [0.1, 0.15) is 38.8 Å². The first-order valence-electron chi connectivity index (χ1n) is 10.4. The lowest BCUT2D eigenvalue weighted by Crippen LogP contribution is -2.31. The molecular formula is C25H25BN4O. The Hall–Kier alpha value is -3.59. The normalized spacial score (nSPS) is 12.4. The Morgan fingerprint density at radius 1 is 1.16 bits per heavy atom. The number of nitrogens with one attached hydrogen (secondary N) is 2. The highest BCUT2D eigenvalue weighted by molar-refractivity contribution is 6.34. The number of anilines is 1. The number of H-pyrrole nitrogens is 1. The predicted octanol–water partition coefficient (Wildman–Crippen LogP) is 2.98. The van der Waals surface area contributed by atoms with Crippen molar-refractivity contribution < 1.29 is 0 Å². The molecule has 0 radical (unpaired) electrons. The zero-order chi connectivity index (χ0) is 22.2. The van der Waals surface area contributed by atoms with Crippen molar-refractivity contribution >= 4 is 40.8 Å². The van der Waals surface area contributed by atoms with Crippen LogP contribution in [0.5, 0.6) is 0 Å². The van der Waals surface area contributed by atoms with E-state index < -0.39 is 0 Å². The van der Waals surface area contributed by atoms with Crippen molar-refractivity contribution in [1.82, 2.24) is 15.0 Å². The Morgan fingerprint density at radius 3 is 2.68 bits per heavy atom. The molecule has 31 heavy (non-hydrogen) atoms. The van der Waals surface area contributed by atoms with Gasteiger partial charge in [-0.1, -0.05) is 56.3 Å². The summed E-state index contributed by atoms with van der Waals surface area (Å²) in [7, 11) is 2.02. The molecule has 3 aromatic heterocycles. The van der Waals surface area contributed by atoms with Crippen LogP contribution in [0.3, 0.4) is 0 Å². The summed E-state index contributed by atoms with van der Waals surface area (Å²) in [6, 6.07) is 10.0. The number of hydrogen-bond acceptors (Lipinski definition) is 4. The Kier molecular flexibility index (Phi) is 5.28. The molecule has 4 rings (SSSR count). The monoisotopic (exact) mass is 408 g/mol. The molecule has 4 aromatic rings. The lowest BCUT2D eigenvalue weighted by atomic mass is 9.87. The number of aromatic amines is 1. The number of rotatable bonds is 2. The smallest absolute Gasteiger partial charge is 0.258 e. The summed E-state index contributed by atoms with van der Waals surface area (Å²) in [6.07, 6.45) is 5.07. The SMILES string of the molecule is Bc1ccc2c(NC(C)C(C)(C)C)nc3c(C#Cc4cccnc4)c[nH]c(=O)c3c2c1. The van der Waals surface area contributed by atoms with Crippen molar-refractivity contribution in [3.8, 4) is 11.8 Å². The highest BCUT2D eigenvalue weighted by Crippen LogP contribution is 2.30. The van der Waals surface area contributed by atoms with Crippen LogP contribution in [0, 0.1) is 17.3 Å². The van der Waals surface area contributed by atoms with Crippen molar-refractivity contribution in [2.75, 3.05) is 5.32 Å². The Bertz CT molecular complexity index is 1390. The van der Waals surface area contributed by atoms with Gasteiger partial charge < -0.3 is 10.3 Å². The molecule has 0 spiro atoms. The molecule has 0 aliphatic heterocycles. The third-order valence-corrected chi connectivity index (χ3v) is 5.65. The number of fused-ring (bicyclic) bond motifs is 3. The van der Waals surface area contributed by atoms with E-state index in [-0.39, 0.29) is 17.0 Å². The Labute approximate surface area is 182 Å². The minimum absolute atomic E-state index is 0.0464. The molecule has 0 aliphatic carbocycles. The summed E-state index contributed by atoms with van der Waals surface area (Å²) in [5.41, 5.74) is 3.04. The maximum absolute atomic E-state index is 12.8. The summed E-state index contributed by atoms with van der Waals surface area (Å²) in [6.45, 7) is 8.71. The van der Waals surface area contributed by atoms with Crippen LogP contribution in [0.25, 0.3) is 21.7 Å². The van der Waals surface area contributed by atoms with Gasteiger partial charge in [0.15, 0.2) is 0 Å². The quantitative estimate of drug-likeness (QED) is 0.304.